The second-order valence-corrected chi connectivity index (χ2v) is 6.05. The van der Waals surface area contributed by atoms with Crippen LogP contribution in [0.5, 0.6) is 0 Å². The first-order chi connectivity index (χ1) is 11.2. The Morgan fingerprint density at radius 1 is 1.35 bits per heavy atom. The fraction of sp³-hybridized carbons (Fsp3) is 0.500. The van der Waals surface area contributed by atoms with Crippen molar-refractivity contribution in [3.05, 3.63) is 46.5 Å². The molecule has 0 spiro atoms. The van der Waals surface area contributed by atoms with Crippen molar-refractivity contribution in [3.63, 3.8) is 0 Å². The normalized spacial score (nSPS) is 16.7. The van der Waals surface area contributed by atoms with E-state index in [4.69, 9.17) is 16.3 Å². The average Bonchev–Trinajstić information content (AvgIpc) is 2.56. The van der Waals surface area contributed by atoms with Crippen molar-refractivity contribution in [1.29, 1.82) is 0 Å². The van der Waals surface area contributed by atoms with Crippen LogP contribution in [-0.4, -0.2) is 32.3 Å². The van der Waals surface area contributed by atoms with Crippen molar-refractivity contribution < 1.29 is 4.74 Å². The summed E-state index contributed by atoms with van der Waals surface area (Å²) in [5.41, 5.74) is 2.63. The summed E-state index contributed by atoms with van der Waals surface area (Å²) in [5, 5.41) is 7.50. The molecule has 0 saturated carbocycles. The van der Waals surface area contributed by atoms with Gasteiger partial charge in [0.1, 0.15) is 0 Å². The number of rotatable bonds is 6. The highest BCUT2D eigenvalue weighted by molar-refractivity contribution is 6.30. The number of hydrogen-bond donors (Lipinski definition) is 2. The summed E-state index contributed by atoms with van der Waals surface area (Å²) in [4.78, 5) is 4.68. The van der Waals surface area contributed by atoms with Gasteiger partial charge in [-0.25, -0.2) is 0 Å². The van der Waals surface area contributed by atoms with Crippen LogP contribution in [0.3, 0.4) is 0 Å². The second kappa shape index (κ2) is 9.58. The maximum Gasteiger partial charge on any atom is 0.191 e. The van der Waals surface area contributed by atoms with Gasteiger partial charge >= 0.3 is 0 Å². The summed E-state index contributed by atoms with van der Waals surface area (Å²) in [6.45, 7) is 7.40. The van der Waals surface area contributed by atoms with Gasteiger partial charge in [-0.15, -0.1) is 0 Å². The highest BCUT2D eigenvalue weighted by atomic mass is 35.5. The first-order valence-electron chi connectivity index (χ1n) is 8.25. The molecule has 0 fully saturated rings. The number of hydrogen-bond acceptors (Lipinski definition) is 2. The van der Waals surface area contributed by atoms with Crippen molar-refractivity contribution in [2.45, 2.75) is 32.7 Å². The molecule has 1 aromatic carbocycles. The molecular formula is C18H26ClN3O. The lowest BCUT2D eigenvalue weighted by molar-refractivity contribution is 0.153. The van der Waals surface area contributed by atoms with Gasteiger partial charge in [-0.1, -0.05) is 35.4 Å². The van der Waals surface area contributed by atoms with Crippen molar-refractivity contribution in [2.75, 3.05) is 26.3 Å². The quantitative estimate of drug-likeness (QED) is 0.473. The molecule has 5 heteroatoms. The van der Waals surface area contributed by atoms with Crippen LogP contribution < -0.4 is 10.6 Å². The van der Waals surface area contributed by atoms with Crippen LogP contribution in [0, 0.1) is 0 Å². The van der Waals surface area contributed by atoms with Crippen molar-refractivity contribution in [1.82, 2.24) is 10.6 Å². The summed E-state index contributed by atoms with van der Waals surface area (Å²) in [6, 6.07) is 8.08. The predicted molar refractivity (Wildman–Crippen MR) is 97.1 cm³/mol. The third-order valence-electron chi connectivity index (χ3n) is 3.83. The molecule has 23 heavy (non-hydrogen) atoms. The van der Waals surface area contributed by atoms with E-state index in [1.165, 1.54) is 11.1 Å². The van der Waals surface area contributed by atoms with Gasteiger partial charge in [0.25, 0.3) is 0 Å². The lowest BCUT2D eigenvalue weighted by atomic mass is 10.1. The van der Waals surface area contributed by atoms with E-state index in [0.717, 1.165) is 50.1 Å². The lowest BCUT2D eigenvalue weighted by Gasteiger charge is -2.18. The van der Waals surface area contributed by atoms with Crippen LogP contribution in [0.2, 0.25) is 5.02 Å². The number of aliphatic imine (C=N–C) groups is 1. The molecule has 1 aliphatic heterocycles. The second-order valence-electron chi connectivity index (χ2n) is 5.62. The highest BCUT2D eigenvalue weighted by Crippen LogP contribution is 2.16. The van der Waals surface area contributed by atoms with Gasteiger partial charge in [0.15, 0.2) is 5.96 Å². The standard InChI is InChI=1S/C18H26ClN3O/c1-3-20-18(21-11-8-15-9-12-23-13-10-15)22-14(2)16-4-6-17(19)7-5-16/h4-7,9,14H,3,8,10-13H2,1-2H3,(H2,20,21,22). The minimum atomic E-state index is 0.173. The first kappa shape index (κ1) is 17.8. The van der Waals surface area contributed by atoms with Crippen LogP contribution in [0.1, 0.15) is 38.3 Å². The number of nitrogens with one attached hydrogen (secondary N) is 2. The molecule has 0 amide bonds. The van der Waals surface area contributed by atoms with E-state index in [2.05, 4.69) is 35.5 Å². The van der Waals surface area contributed by atoms with Crippen LogP contribution >= 0.6 is 11.6 Å². The van der Waals surface area contributed by atoms with E-state index in [0.29, 0.717) is 0 Å². The van der Waals surface area contributed by atoms with E-state index >= 15 is 0 Å². The summed E-state index contributed by atoms with van der Waals surface area (Å²) in [6.07, 6.45) is 4.20. The van der Waals surface area contributed by atoms with Crippen LogP contribution in [0.15, 0.2) is 40.9 Å². The van der Waals surface area contributed by atoms with Gasteiger partial charge in [0.05, 0.1) is 19.3 Å². The maximum absolute atomic E-state index is 5.94. The van der Waals surface area contributed by atoms with Crippen molar-refractivity contribution >= 4 is 17.6 Å². The molecule has 1 aliphatic rings. The zero-order valence-corrected chi connectivity index (χ0v) is 14.7. The molecule has 2 rings (SSSR count). The molecule has 2 N–H and O–H groups in total. The number of guanidine groups is 1. The topological polar surface area (TPSA) is 45.7 Å². The Morgan fingerprint density at radius 3 is 2.78 bits per heavy atom. The smallest absolute Gasteiger partial charge is 0.191 e. The molecule has 0 radical (unpaired) electrons. The third kappa shape index (κ3) is 6.24. The van der Waals surface area contributed by atoms with Gasteiger partial charge in [-0.2, -0.15) is 0 Å². The summed E-state index contributed by atoms with van der Waals surface area (Å²) < 4.78 is 5.33. The number of nitrogens with zero attached hydrogens (tertiary/aromatic N) is 1. The van der Waals surface area contributed by atoms with Gasteiger partial charge in [0.2, 0.25) is 0 Å². The zero-order valence-electron chi connectivity index (χ0n) is 13.9. The molecule has 0 aliphatic carbocycles. The average molecular weight is 336 g/mol. The minimum absolute atomic E-state index is 0.173. The van der Waals surface area contributed by atoms with E-state index in [1.807, 2.05) is 24.3 Å². The van der Waals surface area contributed by atoms with Gasteiger partial charge in [-0.3, -0.25) is 4.99 Å². The maximum atomic E-state index is 5.94. The lowest BCUT2D eigenvalue weighted by Crippen LogP contribution is -2.38. The molecule has 1 atom stereocenters. The molecule has 0 saturated heterocycles. The Hall–Kier alpha value is -1.52. The Balaban J connectivity index is 1.90. The largest absolute Gasteiger partial charge is 0.377 e. The molecule has 1 heterocycles. The zero-order chi connectivity index (χ0) is 16.5. The number of benzene rings is 1. The van der Waals surface area contributed by atoms with E-state index in [-0.39, 0.29) is 6.04 Å². The van der Waals surface area contributed by atoms with Gasteiger partial charge in [0, 0.05) is 18.1 Å². The summed E-state index contributed by atoms with van der Waals surface area (Å²) in [7, 11) is 0. The van der Waals surface area contributed by atoms with Crippen LogP contribution in [0.25, 0.3) is 0 Å². The molecule has 126 valence electrons. The van der Waals surface area contributed by atoms with Crippen molar-refractivity contribution in [3.8, 4) is 0 Å². The Morgan fingerprint density at radius 2 is 2.13 bits per heavy atom. The Labute approximate surface area is 144 Å². The van der Waals surface area contributed by atoms with E-state index in [1.54, 1.807) is 0 Å². The molecular weight excluding hydrogens is 310 g/mol. The molecule has 0 aromatic heterocycles. The Kier molecular flexibility index (Phi) is 7.43. The fourth-order valence-corrected chi connectivity index (χ4v) is 2.59. The van der Waals surface area contributed by atoms with Crippen molar-refractivity contribution in [2.24, 2.45) is 4.99 Å². The number of halogens is 1. The van der Waals surface area contributed by atoms with Gasteiger partial charge in [-0.05, 0) is 44.4 Å². The van der Waals surface area contributed by atoms with Crippen LogP contribution in [0.4, 0.5) is 0 Å². The minimum Gasteiger partial charge on any atom is -0.377 e. The predicted octanol–water partition coefficient (Wildman–Crippen LogP) is 3.69. The monoisotopic (exact) mass is 335 g/mol. The summed E-state index contributed by atoms with van der Waals surface area (Å²) >= 11 is 5.94. The Bertz CT molecular complexity index is 540. The molecule has 0 bridgehead atoms. The third-order valence-corrected chi connectivity index (χ3v) is 4.08. The molecule has 1 unspecified atom stereocenters. The fourth-order valence-electron chi connectivity index (χ4n) is 2.46. The van der Waals surface area contributed by atoms with E-state index in [9.17, 15) is 0 Å². The highest BCUT2D eigenvalue weighted by Gasteiger charge is 2.08. The first-order valence-corrected chi connectivity index (χ1v) is 8.62. The van der Waals surface area contributed by atoms with Gasteiger partial charge < -0.3 is 15.4 Å². The SMILES string of the molecule is CCNC(=NCCC1=CCOCC1)NC(C)c1ccc(Cl)cc1. The van der Waals surface area contributed by atoms with Crippen LogP contribution in [-0.2, 0) is 4.74 Å². The summed E-state index contributed by atoms with van der Waals surface area (Å²) in [5.74, 6) is 0.850. The molecule has 1 aromatic rings. The molecule has 4 nitrogen and oxygen atoms in total. The number of ether oxygens (including phenoxy) is 1. The van der Waals surface area contributed by atoms with E-state index < -0.39 is 0 Å².